The van der Waals surface area contributed by atoms with Crippen LogP contribution in [0.2, 0.25) is 5.02 Å². The number of rotatable bonds is 11. The van der Waals surface area contributed by atoms with Gasteiger partial charge in [0.2, 0.25) is 17.8 Å². The third-order valence-electron chi connectivity index (χ3n) is 14.1. The van der Waals surface area contributed by atoms with E-state index in [-0.39, 0.29) is 29.6 Å². The Bertz CT molecular complexity index is 2380. The van der Waals surface area contributed by atoms with Gasteiger partial charge >= 0.3 is 0 Å². The molecular formula is C49H56ClN9O4. The number of fused-ring (bicyclic) bond motifs is 1. The molecule has 0 bridgehead atoms. The molecule has 13 nitrogen and oxygen atoms in total. The fourth-order valence-corrected chi connectivity index (χ4v) is 10.4. The van der Waals surface area contributed by atoms with Gasteiger partial charge in [0, 0.05) is 92.7 Å². The smallest absolute Gasteiger partial charge is 0.255 e. The van der Waals surface area contributed by atoms with Crippen LogP contribution < -0.4 is 19.9 Å². The molecule has 0 radical (unpaired) electrons. The Hall–Kier alpha value is -5.55. The van der Waals surface area contributed by atoms with Gasteiger partial charge in [0.1, 0.15) is 18.4 Å². The zero-order valence-electron chi connectivity index (χ0n) is 36.3. The van der Waals surface area contributed by atoms with E-state index in [9.17, 15) is 19.6 Å². The molecule has 4 aromatic rings. The van der Waals surface area contributed by atoms with Crippen molar-refractivity contribution in [1.29, 1.82) is 5.26 Å². The molecule has 3 amide bonds. The van der Waals surface area contributed by atoms with Crippen LogP contribution >= 0.6 is 11.6 Å². The second-order valence-corrected chi connectivity index (χ2v) is 18.8. The molecule has 328 valence electrons. The first kappa shape index (κ1) is 42.7. The van der Waals surface area contributed by atoms with Gasteiger partial charge in [-0.05, 0) is 122 Å². The molecule has 4 saturated heterocycles. The number of nitrogens with one attached hydrogen (secondary N) is 1. The number of hydrogen-bond donors (Lipinski definition) is 1. The summed E-state index contributed by atoms with van der Waals surface area (Å²) in [6.45, 7) is 14.3. The number of aromatic nitrogens is 2. The number of nitrogens with zero attached hydrogens (tertiary/aromatic N) is 8. The minimum absolute atomic E-state index is 0.125. The molecule has 9 rings (SSSR count). The van der Waals surface area contributed by atoms with Gasteiger partial charge in [-0.15, -0.1) is 0 Å². The molecule has 0 spiro atoms. The summed E-state index contributed by atoms with van der Waals surface area (Å²) in [5.41, 5.74) is 5.89. The number of imide groups is 1. The Morgan fingerprint density at radius 3 is 2.33 bits per heavy atom. The number of benzene rings is 3. The number of amides is 3. The lowest BCUT2D eigenvalue weighted by atomic mass is 9.78. The zero-order valence-corrected chi connectivity index (χ0v) is 37.0. The number of anilines is 2. The van der Waals surface area contributed by atoms with E-state index >= 15 is 0 Å². The summed E-state index contributed by atoms with van der Waals surface area (Å²) in [5.74, 6) is 1.48. The Morgan fingerprint density at radius 1 is 0.841 bits per heavy atom. The fraction of sp³-hybridized carbons (Fsp3) is 0.469. The maximum Gasteiger partial charge on any atom is 0.255 e. The SMILES string of the molecule is CC(C)(c1ccc(OCc2ccnc(N3CCC(N4CCC(CN5CCN(c6ccc7c(c6)CN(C6CCC(=O)NC6=O)C7=O)CC5)CC4)CC3)n2)cc1)c1cc(Cl)cc(C#N)c1. The van der Waals surface area contributed by atoms with Gasteiger partial charge in [-0.2, -0.15) is 5.26 Å². The highest BCUT2D eigenvalue weighted by Gasteiger charge is 2.39. The van der Waals surface area contributed by atoms with Crippen molar-refractivity contribution in [2.75, 3.05) is 68.7 Å². The first-order valence-corrected chi connectivity index (χ1v) is 22.9. The lowest BCUT2D eigenvalue weighted by molar-refractivity contribution is -0.136. The van der Waals surface area contributed by atoms with Crippen molar-refractivity contribution in [2.45, 2.75) is 83.0 Å². The van der Waals surface area contributed by atoms with Crippen LogP contribution in [0.1, 0.15) is 90.7 Å². The van der Waals surface area contributed by atoms with E-state index in [1.165, 1.54) is 12.8 Å². The summed E-state index contributed by atoms with van der Waals surface area (Å²) >= 11 is 6.32. The van der Waals surface area contributed by atoms with Crippen LogP contribution in [0.5, 0.6) is 5.75 Å². The maximum atomic E-state index is 13.2. The second-order valence-electron chi connectivity index (χ2n) is 18.4. The molecule has 4 fully saturated rings. The molecule has 6 heterocycles. The molecule has 5 aliphatic rings. The van der Waals surface area contributed by atoms with Crippen LogP contribution in [0.4, 0.5) is 11.6 Å². The maximum absolute atomic E-state index is 13.2. The summed E-state index contributed by atoms with van der Waals surface area (Å²) in [5, 5.41) is 12.4. The minimum atomic E-state index is -0.590. The van der Waals surface area contributed by atoms with Gasteiger partial charge < -0.3 is 24.3 Å². The number of likely N-dealkylation sites (tertiary alicyclic amines) is 1. The van der Waals surface area contributed by atoms with Crippen molar-refractivity contribution in [1.82, 2.24) is 30.0 Å². The molecule has 3 aromatic carbocycles. The van der Waals surface area contributed by atoms with Gasteiger partial charge in [0.15, 0.2) is 0 Å². The molecule has 14 heteroatoms. The quantitative estimate of drug-likeness (QED) is 0.173. The van der Waals surface area contributed by atoms with Crippen LogP contribution in [0.15, 0.2) is 72.9 Å². The van der Waals surface area contributed by atoms with Crippen molar-refractivity contribution >= 4 is 41.0 Å². The first-order chi connectivity index (χ1) is 30.5. The van der Waals surface area contributed by atoms with Gasteiger partial charge in [0.25, 0.3) is 5.91 Å². The van der Waals surface area contributed by atoms with Crippen LogP contribution in [0, 0.1) is 17.2 Å². The Kier molecular flexibility index (Phi) is 12.4. The summed E-state index contributed by atoms with van der Waals surface area (Å²) in [4.78, 5) is 58.5. The number of carbonyl (C=O) groups excluding carboxylic acids is 3. The monoisotopic (exact) mass is 869 g/mol. The summed E-state index contributed by atoms with van der Waals surface area (Å²) in [6.07, 6.45) is 7.16. The predicted molar refractivity (Wildman–Crippen MR) is 242 cm³/mol. The van der Waals surface area contributed by atoms with Gasteiger partial charge in [-0.3, -0.25) is 24.6 Å². The average molecular weight is 870 g/mol. The highest BCUT2D eigenvalue weighted by molar-refractivity contribution is 6.30. The van der Waals surface area contributed by atoms with E-state index in [0.717, 1.165) is 112 Å². The zero-order chi connectivity index (χ0) is 43.7. The number of carbonyl (C=O) groups is 3. The largest absolute Gasteiger partial charge is 0.487 e. The standard InChI is InChI=1S/C49H56ClN9O4/c1-49(2,37-25-34(29-51)26-38(50)28-37)36-3-6-42(7-4-36)63-32-39-11-16-52-48(53-39)58-19-14-40(15-20-58)56-17-12-33(13-18-56)30-55-21-23-57(24-22-55)41-5-8-43-35(27-41)31-59(47(43)62)44-9-10-45(60)54-46(44)61/h3-8,11,16,25-28,33,40,44H,9-10,12-15,17-24,30-32H2,1-2H3,(H,54,60,61). The number of halogens is 1. The van der Waals surface area contributed by atoms with E-state index in [0.29, 0.717) is 47.7 Å². The third-order valence-corrected chi connectivity index (χ3v) is 14.3. The molecule has 1 aromatic heterocycles. The number of nitriles is 1. The number of hydrogen-bond acceptors (Lipinski definition) is 11. The molecule has 63 heavy (non-hydrogen) atoms. The second kappa shape index (κ2) is 18.3. The minimum Gasteiger partial charge on any atom is -0.487 e. The van der Waals surface area contributed by atoms with Crippen LogP contribution in [0.25, 0.3) is 0 Å². The van der Waals surface area contributed by atoms with Crippen molar-refractivity contribution < 1.29 is 19.1 Å². The molecule has 5 aliphatic heterocycles. The highest BCUT2D eigenvalue weighted by atomic mass is 35.5. The van der Waals surface area contributed by atoms with Gasteiger partial charge in [-0.25, -0.2) is 9.97 Å². The van der Waals surface area contributed by atoms with Gasteiger partial charge in [0.05, 0.1) is 17.3 Å². The topological polar surface area (TPSA) is 138 Å². The predicted octanol–water partition coefficient (Wildman–Crippen LogP) is 6.17. The number of ether oxygens (including phenoxy) is 1. The Morgan fingerprint density at radius 2 is 1.60 bits per heavy atom. The van der Waals surface area contributed by atoms with Crippen molar-refractivity contribution in [3.05, 3.63) is 111 Å². The highest BCUT2D eigenvalue weighted by Crippen LogP contribution is 2.35. The Balaban J connectivity index is 0.692. The van der Waals surface area contributed by atoms with Gasteiger partial charge in [-0.1, -0.05) is 37.6 Å². The molecule has 0 aliphatic carbocycles. The van der Waals surface area contributed by atoms with Crippen molar-refractivity contribution in [3.8, 4) is 11.8 Å². The van der Waals surface area contributed by atoms with Crippen molar-refractivity contribution in [2.24, 2.45) is 5.92 Å². The van der Waals surface area contributed by atoms with Crippen LogP contribution in [-0.4, -0.2) is 113 Å². The summed E-state index contributed by atoms with van der Waals surface area (Å²) in [7, 11) is 0. The van der Waals surface area contributed by atoms with E-state index in [1.807, 2.05) is 48.7 Å². The average Bonchev–Trinajstić information content (AvgIpc) is 3.63. The first-order valence-electron chi connectivity index (χ1n) is 22.5. The normalized spacial score (nSPS) is 20.8. The number of piperazine rings is 1. The van der Waals surface area contributed by atoms with E-state index < -0.39 is 6.04 Å². The van der Waals surface area contributed by atoms with Crippen LogP contribution in [-0.2, 0) is 28.2 Å². The molecular weight excluding hydrogens is 814 g/mol. The fourth-order valence-electron chi connectivity index (χ4n) is 10.2. The van der Waals surface area contributed by atoms with Crippen molar-refractivity contribution in [3.63, 3.8) is 0 Å². The van der Waals surface area contributed by atoms with E-state index in [4.69, 9.17) is 21.3 Å². The molecule has 1 unspecified atom stereocenters. The summed E-state index contributed by atoms with van der Waals surface area (Å²) < 4.78 is 6.17. The Labute approximate surface area is 375 Å². The molecule has 0 saturated carbocycles. The third kappa shape index (κ3) is 9.40. The lowest BCUT2D eigenvalue weighted by Crippen LogP contribution is -2.52. The number of piperidine rings is 3. The molecule has 1 N–H and O–H groups in total. The molecule has 1 atom stereocenters. The lowest BCUT2D eigenvalue weighted by Gasteiger charge is -2.43. The van der Waals surface area contributed by atoms with Crippen LogP contribution in [0.3, 0.4) is 0 Å². The van der Waals surface area contributed by atoms with E-state index in [2.05, 4.69) is 68.0 Å². The summed E-state index contributed by atoms with van der Waals surface area (Å²) in [6, 6.07) is 23.8. The van der Waals surface area contributed by atoms with E-state index in [1.54, 1.807) is 11.0 Å².